The molecule has 26 heavy (non-hydrogen) atoms. The molecule has 1 aliphatic rings. The largest absolute Gasteiger partial charge is 0.457 e. The van der Waals surface area contributed by atoms with E-state index in [2.05, 4.69) is 10.6 Å². The smallest absolute Gasteiger partial charge is 0.252 e. The van der Waals surface area contributed by atoms with Crippen molar-refractivity contribution < 1.29 is 14.3 Å². The highest BCUT2D eigenvalue weighted by Gasteiger charge is 2.39. The average Bonchev–Trinajstić information content (AvgIpc) is 2.69. The van der Waals surface area contributed by atoms with Crippen molar-refractivity contribution in [2.45, 2.75) is 31.9 Å². The number of hydrogen-bond acceptors (Lipinski definition) is 4. The van der Waals surface area contributed by atoms with Crippen LogP contribution in [0.25, 0.3) is 0 Å². The first-order chi connectivity index (χ1) is 12.6. The van der Waals surface area contributed by atoms with Crippen LogP contribution in [-0.2, 0) is 16.1 Å². The van der Waals surface area contributed by atoms with Gasteiger partial charge in [0.15, 0.2) is 0 Å². The Morgan fingerprint density at radius 1 is 1.12 bits per heavy atom. The Balaban J connectivity index is 1.68. The van der Waals surface area contributed by atoms with Gasteiger partial charge in [-0.25, -0.2) is 0 Å². The molecule has 1 aliphatic heterocycles. The minimum atomic E-state index is -0.738. The van der Waals surface area contributed by atoms with E-state index in [0.717, 1.165) is 30.2 Å². The third kappa shape index (κ3) is 4.23. The highest BCUT2D eigenvalue weighted by atomic mass is 16.5. The molecule has 0 aliphatic carbocycles. The fourth-order valence-electron chi connectivity index (χ4n) is 3.17. The summed E-state index contributed by atoms with van der Waals surface area (Å²) in [5, 5.41) is 6.29. The molecule has 2 aromatic carbocycles. The molecule has 1 saturated heterocycles. The summed E-state index contributed by atoms with van der Waals surface area (Å²) in [5.74, 6) is 1.46. The van der Waals surface area contributed by atoms with Gasteiger partial charge in [0.2, 0.25) is 0 Å². The van der Waals surface area contributed by atoms with Crippen LogP contribution in [0.4, 0.5) is 0 Å². The zero-order valence-corrected chi connectivity index (χ0v) is 15.4. The van der Waals surface area contributed by atoms with Gasteiger partial charge < -0.3 is 20.1 Å². The lowest BCUT2D eigenvalue weighted by atomic mass is 9.91. The Bertz CT molecular complexity index is 737. The molecule has 1 fully saturated rings. The number of piperidine rings is 1. The van der Waals surface area contributed by atoms with Gasteiger partial charge in [-0.1, -0.05) is 35.9 Å². The van der Waals surface area contributed by atoms with Crippen molar-refractivity contribution >= 4 is 5.91 Å². The molecule has 3 rings (SSSR count). The molecule has 0 spiro atoms. The number of carbonyl (C=O) groups is 1. The van der Waals surface area contributed by atoms with Crippen LogP contribution in [0.15, 0.2) is 48.5 Å². The van der Waals surface area contributed by atoms with Crippen molar-refractivity contribution in [2.24, 2.45) is 0 Å². The minimum absolute atomic E-state index is 0.0633. The van der Waals surface area contributed by atoms with Gasteiger partial charge >= 0.3 is 0 Å². The standard InChI is InChI=1S/C21H26N2O3/c1-16-7-9-18(10-8-16)26-19-6-4-3-5-17(19)15-23-20(24)21(25-2)11-13-22-14-12-21/h3-10,22H,11-15H2,1-2H3,(H,23,24). The number of aryl methyl sites for hydroxylation is 1. The van der Waals surface area contributed by atoms with Gasteiger partial charge in [0.05, 0.1) is 0 Å². The molecule has 5 heteroatoms. The molecule has 0 atom stereocenters. The number of benzene rings is 2. The van der Waals surface area contributed by atoms with Crippen LogP contribution in [0.3, 0.4) is 0 Å². The molecule has 1 amide bonds. The highest BCUT2D eigenvalue weighted by Crippen LogP contribution is 2.26. The van der Waals surface area contributed by atoms with E-state index in [1.54, 1.807) is 7.11 Å². The lowest BCUT2D eigenvalue weighted by molar-refractivity contribution is -0.146. The van der Waals surface area contributed by atoms with Gasteiger partial charge in [-0.3, -0.25) is 4.79 Å². The van der Waals surface area contributed by atoms with Crippen LogP contribution in [0.5, 0.6) is 11.5 Å². The van der Waals surface area contributed by atoms with Gasteiger partial charge in [0.1, 0.15) is 17.1 Å². The second-order valence-corrected chi connectivity index (χ2v) is 6.65. The molecule has 0 radical (unpaired) electrons. The second kappa shape index (κ2) is 8.34. The molecule has 138 valence electrons. The van der Waals surface area contributed by atoms with Crippen LogP contribution < -0.4 is 15.4 Å². The van der Waals surface area contributed by atoms with Crippen molar-refractivity contribution in [2.75, 3.05) is 20.2 Å². The molecular formula is C21H26N2O3. The summed E-state index contributed by atoms with van der Waals surface area (Å²) in [5.41, 5.74) is 1.38. The number of amides is 1. The third-order valence-electron chi connectivity index (χ3n) is 4.88. The molecule has 0 unspecified atom stereocenters. The molecule has 0 aromatic heterocycles. The Labute approximate surface area is 154 Å². The molecule has 0 bridgehead atoms. The number of hydrogen-bond donors (Lipinski definition) is 2. The number of para-hydroxylation sites is 1. The van der Waals surface area contributed by atoms with Gasteiger partial charge in [0.25, 0.3) is 5.91 Å². The van der Waals surface area contributed by atoms with Crippen LogP contribution in [0.1, 0.15) is 24.0 Å². The predicted octanol–water partition coefficient (Wildman–Crippen LogP) is 3.17. The summed E-state index contributed by atoms with van der Waals surface area (Å²) < 4.78 is 11.6. The summed E-state index contributed by atoms with van der Waals surface area (Å²) in [7, 11) is 1.61. The van der Waals surface area contributed by atoms with E-state index in [9.17, 15) is 4.79 Å². The molecular weight excluding hydrogens is 328 g/mol. The summed E-state index contributed by atoms with van der Waals surface area (Å²) >= 11 is 0. The Hall–Kier alpha value is -2.37. The summed E-state index contributed by atoms with van der Waals surface area (Å²) in [4.78, 5) is 12.7. The number of methoxy groups -OCH3 is 1. The summed E-state index contributed by atoms with van der Waals surface area (Å²) in [6, 6.07) is 15.7. The van der Waals surface area contributed by atoms with Crippen LogP contribution in [0, 0.1) is 6.92 Å². The second-order valence-electron chi connectivity index (χ2n) is 6.65. The Morgan fingerprint density at radius 3 is 2.50 bits per heavy atom. The van der Waals surface area contributed by atoms with Crippen molar-refractivity contribution in [1.82, 2.24) is 10.6 Å². The molecule has 5 nitrogen and oxygen atoms in total. The molecule has 0 saturated carbocycles. The number of ether oxygens (including phenoxy) is 2. The van der Waals surface area contributed by atoms with Crippen LogP contribution >= 0.6 is 0 Å². The number of rotatable bonds is 6. The monoisotopic (exact) mass is 354 g/mol. The van der Waals surface area contributed by atoms with Crippen molar-refractivity contribution in [1.29, 1.82) is 0 Å². The van der Waals surface area contributed by atoms with Crippen molar-refractivity contribution in [3.05, 3.63) is 59.7 Å². The molecule has 1 heterocycles. The first kappa shape index (κ1) is 18.4. The van der Waals surface area contributed by atoms with E-state index in [0.29, 0.717) is 19.4 Å². The third-order valence-corrected chi connectivity index (χ3v) is 4.88. The van der Waals surface area contributed by atoms with Gasteiger partial charge in [-0.15, -0.1) is 0 Å². The number of nitrogens with one attached hydrogen (secondary N) is 2. The van der Waals surface area contributed by atoms with E-state index in [1.165, 1.54) is 5.56 Å². The highest BCUT2D eigenvalue weighted by molar-refractivity contribution is 5.85. The Kier molecular flexibility index (Phi) is 5.91. The van der Waals surface area contributed by atoms with Crippen molar-refractivity contribution in [3.63, 3.8) is 0 Å². The van der Waals surface area contributed by atoms with E-state index in [1.807, 2.05) is 55.5 Å². The maximum Gasteiger partial charge on any atom is 0.252 e. The van der Waals surface area contributed by atoms with E-state index >= 15 is 0 Å². The first-order valence-corrected chi connectivity index (χ1v) is 8.99. The first-order valence-electron chi connectivity index (χ1n) is 8.99. The van der Waals surface area contributed by atoms with Gasteiger partial charge in [0, 0.05) is 19.2 Å². The lowest BCUT2D eigenvalue weighted by Gasteiger charge is -2.34. The average molecular weight is 354 g/mol. The van der Waals surface area contributed by atoms with Crippen LogP contribution in [-0.4, -0.2) is 31.7 Å². The SMILES string of the molecule is COC1(C(=O)NCc2ccccc2Oc2ccc(C)cc2)CCNCC1. The Morgan fingerprint density at radius 2 is 1.81 bits per heavy atom. The minimum Gasteiger partial charge on any atom is -0.457 e. The normalized spacial score (nSPS) is 16.1. The van der Waals surface area contributed by atoms with E-state index in [-0.39, 0.29) is 5.91 Å². The fraction of sp³-hybridized carbons (Fsp3) is 0.381. The molecule has 2 aromatic rings. The van der Waals surface area contributed by atoms with Gasteiger partial charge in [-0.2, -0.15) is 0 Å². The molecule has 2 N–H and O–H groups in total. The van der Waals surface area contributed by atoms with Gasteiger partial charge in [-0.05, 0) is 51.1 Å². The predicted molar refractivity (Wildman–Crippen MR) is 101 cm³/mol. The topological polar surface area (TPSA) is 59.6 Å². The quantitative estimate of drug-likeness (QED) is 0.836. The zero-order chi connectivity index (χ0) is 18.4. The lowest BCUT2D eigenvalue weighted by Crippen LogP contribution is -2.53. The fourth-order valence-corrected chi connectivity index (χ4v) is 3.17. The number of carbonyl (C=O) groups excluding carboxylic acids is 1. The summed E-state index contributed by atoms with van der Waals surface area (Å²) in [6.45, 7) is 4.02. The maximum atomic E-state index is 12.7. The van der Waals surface area contributed by atoms with Crippen LogP contribution in [0.2, 0.25) is 0 Å². The van der Waals surface area contributed by atoms with E-state index < -0.39 is 5.60 Å². The maximum absolute atomic E-state index is 12.7. The zero-order valence-electron chi connectivity index (χ0n) is 15.4. The van der Waals surface area contributed by atoms with E-state index in [4.69, 9.17) is 9.47 Å². The van der Waals surface area contributed by atoms with Crippen molar-refractivity contribution in [3.8, 4) is 11.5 Å². The summed E-state index contributed by atoms with van der Waals surface area (Å²) in [6.07, 6.45) is 1.35.